The number of fused-ring (bicyclic) bond motifs is 2. The van der Waals surface area contributed by atoms with Crippen molar-refractivity contribution in [2.24, 2.45) is 17.8 Å². The van der Waals surface area contributed by atoms with Gasteiger partial charge in [0, 0.05) is 6.42 Å². The standard InChI is InChI=1S/C14H20O/c1-14(2,15)9-3-4-13-10-11-5-7-12(13)8-6-11/h5,7,11-13,15H,4,6,8,10H2,1-2H3/t11-,12+,13+/m1/s1. The predicted molar refractivity (Wildman–Crippen MR) is 62.2 cm³/mol. The van der Waals surface area contributed by atoms with Crippen molar-refractivity contribution in [3.05, 3.63) is 12.2 Å². The largest absolute Gasteiger partial charge is 0.378 e. The van der Waals surface area contributed by atoms with E-state index in [4.69, 9.17) is 0 Å². The van der Waals surface area contributed by atoms with E-state index in [1.165, 1.54) is 19.3 Å². The number of hydrogen-bond acceptors (Lipinski definition) is 1. The molecule has 3 rings (SSSR count). The third kappa shape index (κ3) is 2.86. The van der Waals surface area contributed by atoms with Crippen molar-refractivity contribution < 1.29 is 5.11 Å². The summed E-state index contributed by atoms with van der Waals surface area (Å²) in [5.41, 5.74) is -0.830. The van der Waals surface area contributed by atoms with Crippen LogP contribution in [0, 0.1) is 29.6 Å². The molecule has 1 N–H and O–H groups in total. The third-order valence-corrected chi connectivity index (χ3v) is 3.47. The minimum atomic E-state index is -0.830. The summed E-state index contributed by atoms with van der Waals surface area (Å²) in [6.45, 7) is 3.49. The maximum Gasteiger partial charge on any atom is 0.119 e. The Balaban J connectivity index is 1.91. The van der Waals surface area contributed by atoms with Gasteiger partial charge in [-0.15, -0.1) is 0 Å². The zero-order chi connectivity index (χ0) is 10.9. The van der Waals surface area contributed by atoms with Gasteiger partial charge in [0.25, 0.3) is 0 Å². The second-order valence-corrected chi connectivity index (χ2v) is 5.45. The molecule has 0 aromatic heterocycles. The summed E-state index contributed by atoms with van der Waals surface area (Å²) in [5, 5.41) is 9.49. The highest BCUT2D eigenvalue weighted by Gasteiger charge is 2.30. The fourth-order valence-electron chi connectivity index (χ4n) is 2.68. The Morgan fingerprint density at radius 1 is 1.33 bits per heavy atom. The Labute approximate surface area is 92.6 Å². The van der Waals surface area contributed by atoms with Gasteiger partial charge in [0.05, 0.1) is 0 Å². The van der Waals surface area contributed by atoms with Crippen molar-refractivity contribution in [1.29, 1.82) is 0 Å². The van der Waals surface area contributed by atoms with Crippen molar-refractivity contribution in [1.82, 2.24) is 0 Å². The van der Waals surface area contributed by atoms with Crippen molar-refractivity contribution in [2.45, 2.75) is 45.1 Å². The Morgan fingerprint density at radius 2 is 2.13 bits per heavy atom. The van der Waals surface area contributed by atoms with Crippen LogP contribution in [-0.4, -0.2) is 10.7 Å². The number of allylic oxidation sites excluding steroid dienone is 2. The van der Waals surface area contributed by atoms with E-state index in [1.807, 2.05) is 0 Å². The van der Waals surface area contributed by atoms with Gasteiger partial charge in [-0.3, -0.25) is 0 Å². The van der Waals surface area contributed by atoms with Crippen LogP contribution < -0.4 is 0 Å². The average Bonchev–Trinajstić information content (AvgIpc) is 2.17. The first kappa shape index (κ1) is 10.8. The van der Waals surface area contributed by atoms with E-state index in [0.717, 1.165) is 24.2 Å². The molecule has 0 saturated heterocycles. The highest BCUT2D eigenvalue weighted by atomic mass is 16.3. The molecule has 15 heavy (non-hydrogen) atoms. The first-order valence-corrected chi connectivity index (χ1v) is 5.95. The lowest BCUT2D eigenvalue weighted by Crippen LogP contribution is -2.26. The van der Waals surface area contributed by atoms with Crippen LogP contribution in [-0.2, 0) is 0 Å². The lowest BCUT2D eigenvalue weighted by atomic mass is 9.68. The van der Waals surface area contributed by atoms with E-state index in [-0.39, 0.29) is 0 Å². The summed E-state index contributed by atoms with van der Waals surface area (Å²) < 4.78 is 0. The van der Waals surface area contributed by atoms with E-state index >= 15 is 0 Å². The SMILES string of the molecule is CC(C)(O)C#CC[C@H]1C[C@@H]2C=C[C@H]1CC2. The molecule has 0 aromatic carbocycles. The van der Waals surface area contributed by atoms with Crippen molar-refractivity contribution in [3.8, 4) is 11.8 Å². The lowest BCUT2D eigenvalue weighted by Gasteiger charge is -2.37. The highest BCUT2D eigenvalue weighted by molar-refractivity contribution is 5.13. The van der Waals surface area contributed by atoms with E-state index in [9.17, 15) is 5.11 Å². The van der Waals surface area contributed by atoms with Gasteiger partial charge in [-0.05, 0) is 50.9 Å². The summed E-state index contributed by atoms with van der Waals surface area (Å²) in [7, 11) is 0. The smallest absolute Gasteiger partial charge is 0.119 e. The molecule has 2 bridgehead atoms. The summed E-state index contributed by atoms with van der Waals surface area (Å²) in [6, 6.07) is 0. The third-order valence-electron chi connectivity index (χ3n) is 3.47. The van der Waals surface area contributed by atoms with Crippen LogP contribution in [0.1, 0.15) is 39.5 Å². The van der Waals surface area contributed by atoms with Gasteiger partial charge in [-0.25, -0.2) is 0 Å². The van der Waals surface area contributed by atoms with E-state index in [0.29, 0.717) is 0 Å². The summed E-state index contributed by atoms with van der Waals surface area (Å²) in [5.74, 6) is 8.36. The first-order chi connectivity index (χ1) is 7.04. The van der Waals surface area contributed by atoms with Gasteiger partial charge in [0.2, 0.25) is 0 Å². The van der Waals surface area contributed by atoms with E-state index in [2.05, 4.69) is 24.0 Å². The number of rotatable bonds is 1. The Morgan fingerprint density at radius 3 is 2.60 bits per heavy atom. The van der Waals surface area contributed by atoms with Crippen molar-refractivity contribution in [2.75, 3.05) is 0 Å². The fourth-order valence-corrected chi connectivity index (χ4v) is 2.68. The van der Waals surface area contributed by atoms with Crippen molar-refractivity contribution >= 4 is 0 Å². The van der Waals surface area contributed by atoms with Gasteiger partial charge in [-0.1, -0.05) is 24.0 Å². The zero-order valence-corrected chi connectivity index (χ0v) is 9.66. The molecule has 3 aliphatic rings. The zero-order valence-electron chi connectivity index (χ0n) is 9.66. The molecule has 1 saturated carbocycles. The minimum absolute atomic E-state index is 0.739. The lowest BCUT2D eigenvalue weighted by molar-refractivity contribution is 0.143. The molecule has 3 atom stereocenters. The molecule has 3 aliphatic carbocycles. The minimum Gasteiger partial charge on any atom is -0.378 e. The molecule has 0 heterocycles. The van der Waals surface area contributed by atoms with Crippen LogP contribution in [0.2, 0.25) is 0 Å². The molecule has 1 fully saturated rings. The summed E-state index contributed by atoms with van der Waals surface area (Å²) >= 11 is 0. The molecule has 0 radical (unpaired) electrons. The normalized spacial score (nSPS) is 33.7. The average molecular weight is 204 g/mol. The second-order valence-electron chi connectivity index (χ2n) is 5.45. The van der Waals surface area contributed by atoms with Gasteiger partial charge in [0.1, 0.15) is 5.60 Å². The number of aliphatic hydroxyl groups is 1. The molecule has 0 spiro atoms. The summed E-state index contributed by atoms with van der Waals surface area (Å²) in [4.78, 5) is 0. The van der Waals surface area contributed by atoms with Crippen LogP contribution in [0.3, 0.4) is 0 Å². The van der Waals surface area contributed by atoms with Gasteiger partial charge < -0.3 is 5.11 Å². The van der Waals surface area contributed by atoms with Crippen LogP contribution in [0.15, 0.2) is 12.2 Å². The Kier molecular flexibility index (Phi) is 2.89. The number of hydrogen-bond donors (Lipinski definition) is 1. The van der Waals surface area contributed by atoms with Gasteiger partial charge in [-0.2, -0.15) is 0 Å². The maximum atomic E-state index is 9.49. The Bertz CT molecular complexity index is 310. The van der Waals surface area contributed by atoms with Crippen LogP contribution in [0.5, 0.6) is 0 Å². The summed E-state index contributed by atoms with van der Waals surface area (Å²) in [6.07, 6.45) is 9.74. The van der Waals surface area contributed by atoms with Gasteiger partial charge >= 0.3 is 0 Å². The monoisotopic (exact) mass is 204 g/mol. The highest BCUT2D eigenvalue weighted by Crippen LogP contribution is 2.41. The fraction of sp³-hybridized carbons (Fsp3) is 0.714. The molecule has 0 aromatic rings. The molecule has 1 nitrogen and oxygen atoms in total. The molecule has 0 unspecified atom stereocenters. The predicted octanol–water partition coefficient (Wildman–Crippen LogP) is 2.75. The molecular formula is C14H20O. The molecule has 82 valence electrons. The Hall–Kier alpha value is -0.740. The van der Waals surface area contributed by atoms with Crippen LogP contribution in [0.25, 0.3) is 0 Å². The maximum absolute atomic E-state index is 9.49. The quantitative estimate of drug-likeness (QED) is 0.514. The van der Waals surface area contributed by atoms with Crippen molar-refractivity contribution in [3.63, 3.8) is 0 Å². The second kappa shape index (κ2) is 4.02. The topological polar surface area (TPSA) is 20.2 Å². The molecular weight excluding hydrogens is 184 g/mol. The van der Waals surface area contributed by atoms with E-state index < -0.39 is 5.60 Å². The molecule has 0 amide bonds. The van der Waals surface area contributed by atoms with Crippen LogP contribution in [0.4, 0.5) is 0 Å². The molecule has 0 aliphatic heterocycles. The van der Waals surface area contributed by atoms with Crippen LogP contribution >= 0.6 is 0 Å². The van der Waals surface area contributed by atoms with Gasteiger partial charge in [0.15, 0.2) is 0 Å². The molecule has 1 heteroatoms. The first-order valence-electron chi connectivity index (χ1n) is 5.95. The van der Waals surface area contributed by atoms with E-state index in [1.54, 1.807) is 13.8 Å².